The van der Waals surface area contributed by atoms with E-state index in [1.807, 2.05) is 0 Å². The van der Waals surface area contributed by atoms with Crippen molar-refractivity contribution in [2.24, 2.45) is 0 Å². The van der Waals surface area contributed by atoms with Crippen LogP contribution in [-0.2, 0) is 0 Å². The molecule has 0 radical (unpaired) electrons. The largest absolute Gasteiger partial charge is 1.00 e. The molecule has 14 heavy (non-hydrogen) atoms. The van der Waals surface area contributed by atoms with Crippen LogP contribution in [0.2, 0.25) is 0 Å². The zero-order valence-corrected chi connectivity index (χ0v) is 12.7. The summed E-state index contributed by atoms with van der Waals surface area (Å²) >= 11 is 0. The van der Waals surface area contributed by atoms with Crippen LogP contribution in [0.3, 0.4) is 0 Å². The molecule has 1 rings (SSSR count). The topological polar surface area (TPSA) is 20.2 Å². The number of halogens is 1. The van der Waals surface area contributed by atoms with Gasteiger partial charge in [-0.05, 0) is 33.1 Å². The number of aliphatic hydroxyl groups excluding tert-OH is 1. The average molecular weight is 330 g/mol. The number of hydrogen-bond donors (Lipinski definition) is 1. The zero-order valence-electron chi connectivity index (χ0n) is 9.67. The Labute approximate surface area is 106 Å². The first kappa shape index (κ1) is 15.1. The Balaban J connectivity index is 0.00000169. The number of aliphatic hydroxyl groups is 1. The van der Waals surface area contributed by atoms with Crippen LogP contribution in [0, 0.1) is 0 Å². The lowest BCUT2D eigenvalue weighted by Crippen LogP contribution is -3.00. The zero-order chi connectivity index (χ0) is 9.90. The van der Waals surface area contributed by atoms with Gasteiger partial charge in [-0.15, -0.1) is 0 Å². The molecule has 1 fully saturated rings. The van der Waals surface area contributed by atoms with E-state index in [2.05, 4.69) is 20.5 Å². The molecule has 0 aromatic rings. The van der Waals surface area contributed by atoms with Crippen molar-refractivity contribution < 1.29 is 29.1 Å². The summed E-state index contributed by atoms with van der Waals surface area (Å²) in [5.74, 6) is 0. The molecular weight excluding hydrogens is 306 g/mol. The van der Waals surface area contributed by atoms with Crippen LogP contribution in [0.4, 0.5) is 0 Å². The summed E-state index contributed by atoms with van der Waals surface area (Å²) in [5.41, 5.74) is 0.663. The summed E-state index contributed by atoms with van der Waals surface area (Å²) in [4.78, 5) is 0. The highest BCUT2D eigenvalue weighted by molar-refractivity contribution is 7.75. The van der Waals surface area contributed by atoms with Crippen LogP contribution in [0.15, 0.2) is 0 Å². The number of rotatable bonds is 3. The Kier molecular flexibility index (Phi) is 7.18. The Bertz CT molecular complexity index is 159. The highest BCUT2D eigenvalue weighted by Gasteiger charge is 2.43. The molecule has 1 nitrogen and oxygen atoms in total. The third-order valence-electron chi connectivity index (χ3n) is 3.94. The maximum atomic E-state index is 9.99. The lowest BCUT2D eigenvalue weighted by atomic mass is 9.97. The number of hydrogen-bond acceptors (Lipinski definition) is 1. The minimum Gasteiger partial charge on any atom is -1.00 e. The van der Waals surface area contributed by atoms with Crippen molar-refractivity contribution in [1.29, 1.82) is 0 Å². The second-order valence-corrected chi connectivity index (χ2v) is 9.42. The van der Waals surface area contributed by atoms with Gasteiger partial charge in [0.1, 0.15) is 0 Å². The molecule has 2 unspecified atom stereocenters. The van der Waals surface area contributed by atoms with Crippen LogP contribution in [0.5, 0.6) is 0 Å². The molecule has 0 saturated heterocycles. The molecule has 0 aromatic heterocycles. The summed E-state index contributed by atoms with van der Waals surface area (Å²) in [6.45, 7) is 7.06. The van der Waals surface area contributed by atoms with Crippen molar-refractivity contribution in [3.05, 3.63) is 0 Å². The highest BCUT2D eigenvalue weighted by Crippen LogP contribution is 2.62. The Hall–Kier alpha value is 1.12. The van der Waals surface area contributed by atoms with Crippen molar-refractivity contribution in [3.8, 4) is 0 Å². The Morgan fingerprint density at radius 1 is 1.14 bits per heavy atom. The molecule has 1 saturated carbocycles. The van der Waals surface area contributed by atoms with Crippen molar-refractivity contribution in [2.75, 3.05) is 19.0 Å². The predicted octanol–water partition coefficient (Wildman–Crippen LogP) is -0.0189. The van der Waals surface area contributed by atoms with Gasteiger partial charge in [-0.3, -0.25) is 0 Å². The average Bonchev–Trinajstić information content (AvgIpc) is 2.17. The van der Waals surface area contributed by atoms with Crippen molar-refractivity contribution in [3.63, 3.8) is 0 Å². The van der Waals surface area contributed by atoms with E-state index >= 15 is 0 Å². The van der Waals surface area contributed by atoms with E-state index in [-0.39, 0.29) is 30.1 Å². The van der Waals surface area contributed by atoms with Gasteiger partial charge in [-0.1, -0.05) is 6.42 Å². The monoisotopic (exact) mass is 330 g/mol. The minimum absolute atomic E-state index is 0. The van der Waals surface area contributed by atoms with E-state index in [1.54, 1.807) is 0 Å². The van der Waals surface area contributed by atoms with Crippen LogP contribution < -0.4 is 24.0 Å². The van der Waals surface area contributed by atoms with Gasteiger partial charge in [0, 0.05) is 13.9 Å². The molecule has 0 bridgehead atoms. The highest BCUT2D eigenvalue weighted by atomic mass is 127. The predicted molar refractivity (Wildman–Crippen MR) is 62.2 cm³/mol. The van der Waals surface area contributed by atoms with E-state index in [0.717, 1.165) is 6.42 Å². The summed E-state index contributed by atoms with van der Waals surface area (Å²) < 4.78 is 0. The first-order valence-corrected chi connectivity index (χ1v) is 8.34. The van der Waals surface area contributed by atoms with E-state index in [4.69, 9.17) is 0 Å². The molecule has 3 heteroatoms. The third-order valence-corrected chi connectivity index (χ3v) is 9.03. The molecule has 0 aliphatic heterocycles. The van der Waals surface area contributed by atoms with E-state index in [0.29, 0.717) is 5.66 Å². The molecule has 0 heterocycles. The van der Waals surface area contributed by atoms with Crippen LogP contribution in [0.25, 0.3) is 0 Å². The molecule has 86 valence electrons. The maximum Gasteiger partial charge on any atom is 0.0952 e. The normalized spacial score (nSPS) is 28.3. The maximum absolute atomic E-state index is 9.99. The van der Waals surface area contributed by atoms with Gasteiger partial charge < -0.3 is 29.1 Å². The fraction of sp³-hybridized carbons (Fsp3) is 1.00. The van der Waals surface area contributed by atoms with Crippen molar-refractivity contribution in [2.45, 2.75) is 51.3 Å². The Morgan fingerprint density at radius 3 is 2.07 bits per heavy atom. The minimum atomic E-state index is -0.813. The summed E-state index contributed by atoms with van der Waals surface area (Å²) in [6, 6.07) is 0. The smallest absolute Gasteiger partial charge is 0.0952 e. The molecule has 0 amide bonds. The van der Waals surface area contributed by atoms with E-state index in [9.17, 15) is 5.11 Å². The third kappa shape index (κ3) is 3.31. The molecule has 0 aromatic carbocycles. The first-order chi connectivity index (χ1) is 6.14. The lowest BCUT2D eigenvalue weighted by Gasteiger charge is -2.36. The van der Waals surface area contributed by atoms with Crippen molar-refractivity contribution >= 4 is 7.26 Å². The molecular formula is C11H24IOP. The molecule has 1 N–H and O–H groups in total. The fourth-order valence-corrected chi connectivity index (χ4v) is 5.68. The molecule has 2 atom stereocenters. The van der Waals surface area contributed by atoms with Gasteiger partial charge in [0.2, 0.25) is 0 Å². The van der Waals surface area contributed by atoms with Gasteiger partial charge >= 0.3 is 0 Å². The van der Waals surface area contributed by atoms with Gasteiger partial charge in [-0.25, -0.2) is 0 Å². The van der Waals surface area contributed by atoms with Crippen molar-refractivity contribution in [1.82, 2.24) is 0 Å². The fourth-order valence-electron chi connectivity index (χ4n) is 2.51. The van der Waals surface area contributed by atoms with Crippen LogP contribution >= 0.6 is 7.26 Å². The van der Waals surface area contributed by atoms with Crippen LogP contribution in [0.1, 0.15) is 39.5 Å². The van der Waals surface area contributed by atoms with Gasteiger partial charge in [0.25, 0.3) is 0 Å². The Morgan fingerprint density at radius 2 is 1.64 bits per heavy atom. The second kappa shape index (κ2) is 6.65. The van der Waals surface area contributed by atoms with Crippen LogP contribution in [-0.4, -0.2) is 35.9 Å². The van der Waals surface area contributed by atoms with E-state index in [1.165, 1.54) is 31.6 Å². The summed E-state index contributed by atoms with van der Waals surface area (Å²) in [6.07, 6.45) is 7.57. The quantitative estimate of drug-likeness (QED) is 0.570. The molecule has 1 aliphatic rings. The van der Waals surface area contributed by atoms with Gasteiger partial charge in [-0.2, -0.15) is 0 Å². The second-order valence-electron chi connectivity index (χ2n) is 4.53. The van der Waals surface area contributed by atoms with Gasteiger partial charge in [0.05, 0.1) is 24.1 Å². The summed E-state index contributed by atoms with van der Waals surface area (Å²) in [7, 11) is -0.813. The lowest BCUT2D eigenvalue weighted by molar-refractivity contribution is -0.00000544. The standard InChI is InChI=1S/C11H24OP.HI/c1-4-13(3,5-2)11-9-7-6-8-10(11)12;/h10-12H,4-9H2,1-3H3;1H/q+1;/p-1. The molecule has 0 spiro atoms. The summed E-state index contributed by atoms with van der Waals surface area (Å²) in [5, 5.41) is 9.99. The van der Waals surface area contributed by atoms with E-state index < -0.39 is 7.26 Å². The molecule has 1 aliphatic carbocycles. The first-order valence-electron chi connectivity index (χ1n) is 5.66. The van der Waals surface area contributed by atoms with Gasteiger partial charge in [0.15, 0.2) is 0 Å². The SMILES string of the molecule is CC[P+](C)(CC)C1CCCCC1O.[I-].